The van der Waals surface area contributed by atoms with Crippen molar-refractivity contribution < 1.29 is 19.0 Å². The molecule has 1 fully saturated rings. The number of carbonyl (C=O) groups is 1. The van der Waals surface area contributed by atoms with Gasteiger partial charge in [0.05, 0.1) is 24.7 Å². The van der Waals surface area contributed by atoms with Crippen LogP contribution in [0.4, 0.5) is 11.6 Å². The highest BCUT2D eigenvalue weighted by Gasteiger charge is 2.22. The molecule has 0 spiro atoms. The third-order valence-corrected chi connectivity index (χ3v) is 6.29. The van der Waals surface area contributed by atoms with Crippen LogP contribution in [0, 0.1) is 6.92 Å². The zero-order chi connectivity index (χ0) is 22.6. The van der Waals surface area contributed by atoms with Crippen LogP contribution >= 0.6 is 11.8 Å². The third-order valence-electron chi connectivity index (χ3n) is 5.36. The van der Waals surface area contributed by atoms with Crippen LogP contribution < -0.4 is 19.7 Å². The number of fused-ring (bicyclic) bond motifs is 1. The largest absolute Gasteiger partial charge is 0.486 e. The number of thioether (sulfide) groups is 1. The number of morpholine rings is 1. The van der Waals surface area contributed by atoms with E-state index in [-0.39, 0.29) is 11.7 Å². The van der Waals surface area contributed by atoms with Crippen LogP contribution in [-0.4, -0.2) is 65.9 Å². The number of hydrogen-bond donors (Lipinski definition) is 1. The van der Waals surface area contributed by atoms with Crippen molar-refractivity contribution in [2.24, 2.45) is 0 Å². The predicted molar refractivity (Wildman–Crippen MR) is 126 cm³/mol. The second-order valence-corrected chi connectivity index (χ2v) is 8.69. The summed E-state index contributed by atoms with van der Waals surface area (Å²) in [6.07, 6.45) is 0. The highest BCUT2D eigenvalue weighted by molar-refractivity contribution is 7.99. The maximum atomic E-state index is 12.7. The van der Waals surface area contributed by atoms with Crippen LogP contribution in [0.25, 0.3) is 5.69 Å². The Morgan fingerprint density at radius 1 is 1.00 bits per heavy atom. The van der Waals surface area contributed by atoms with Crippen LogP contribution in [-0.2, 0) is 9.53 Å². The van der Waals surface area contributed by atoms with Crippen LogP contribution in [0.1, 0.15) is 5.56 Å². The van der Waals surface area contributed by atoms with Crippen molar-refractivity contribution in [3.63, 3.8) is 0 Å². The molecule has 0 saturated carbocycles. The maximum Gasteiger partial charge on any atom is 0.234 e. The molecule has 5 rings (SSSR count). The molecule has 172 valence electrons. The number of rotatable bonds is 6. The Kier molecular flexibility index (Phi) is 6.36. The van der Waals surface area contributed by atoms with E-state index < -0.39 is 0 Å². The third kappa shape index (κ3) is 4.91. The van der Waals surface area contributed by atoms with Gasteiger partial charge in [-0.15, -0.1) is 10.2 Å². The molecule has 10 heteroatoms. The van der Waals surface area contributed by atoms with Crippen LogP contribution in [0.3, 0.4) is 0 Å². The molecular weight excluding hydrogens is 442 g/mol. The molecule has 2 aromatic carbocycles. The van der Waals surface area contributed by atoms with Gasteiger partial charge in [-0.05, 0) is 31.2 Å². The molecule has 1 amide bonds. The summed E-state index contributed by atoms with van der Waals surface area (Å²) in [5.41, 5.74) is 2.80. The summed E-state index contributed by atoms with van der Waals surface area (Å²) in [6.45, 7) is 5.89. The number of anilines is 2. The van der Waals surface area contributed by atoms with Crippen molar-refractivity contribution in [3.05, 3.63) is 48.0 Å². The molecule has 0 radical (unpaired) electrons. The van der Waals surface area contributed by atoms with E-state index in [1.54, 1.807) is 18.2 Å². The Labute approximate surface area is 196 Å². The van der Waals surface area contributed by atoms with E-state index in [1.165, 1.54) is 17.3 Å². The van der Waals surface area contributed by atoms with Crippen molar-refractivity contribution in [2.45, 2.75) is 12.1 Å². The van der Waals surface area contributed by atoms with Gasteiger partial charge in [-0.1, -0.05) is 29.5 Å². The summed E-state index contributed by atoms with van der Waals surface area (Å²) in [5, 5.41) is 12.4. The molecule has 0 bridgehead atoms. The number of benzene rings is 2. The number of aromatic nitrogens is 3. The average molecular weight is 468 g/mol. The van der Waals surface area contributed by atoms with Crippen molar-refractivity contribution in [1.82, 2.24) is 14.8 Å². The van der Waals surface area contributed by atoms with Gasteiger partial charge in [-0.25, -0.2) is 0 Å². The van der Waals surface area contributed by atoms with Gasteiger partial charge >= 0.3 is 0 Å². The topological polar surface area (TPSA) is 90.7 Å². The molecule has 1 N–H and O–H groups in total. The molecule has 2 aliphatic rings. The number of ether oxygens (including phenoxy) is 3. The second-order valence-electron chi connectivity index (χ2n) is 7.75. The predicted octanol–water partition coefficient (Wildman–Crippen LogP) is 2.91. The molecular formula is C23H25N5O4S. The lowest BCUT2D eigenvalue weighted by Crippen LogP contribution is -2.37. The fourth-order valence-corrected chi connectivity index (χ4v) is 4.44. The van der Waals surface area contributed by atoms with E-state index in [1.807, 2.05) is 16.7 Å². The maximum absolute atomic E-state index is 12.7. The van der Waals surface area contributed by atoms with Gasteiger partial charge in [-0.3, -0.25) is 9.36 Å². The zero-order valence-electron chi connectivity index (χ0n) is 18.3. The number of hydrogen-bond acceptors (Lipinski definition) is 8. The van der Waals surface area contributed by atoms with E-state index in [4.69, 9.17) is 14.2 Å². The normalized spacial score (nSPS) is 15.4. The molecule has 0 unspecified atom stereocenters. The zero-order valence-corrected chi connectivity index (χ0v) is 19.1. The van der Waals surface area contributed by atoms with Gasteiger partial charge in [0.2, 0.25) is 11.9 Å². The van der Waals surface area contributed by atoms with Gasteiger partial charge in [0.1, 0.15) is 13.2 Å². The minimum Gasteiger partial charge on any atom is -0.486 e. The van der Waals surface area contributed by atoms with Crippen LogP contribution in [0.5, 0.6) is 11.5 Å². The Morgan fingerprint density at radius 3 is 2.55 bits per heavy atom. The quantitative estimate of drug-likeness (QED) is 0.554. The minimum absolute atomic E-state index is 0.136. The van der Waals surface area contributed by atoms with Gasteiger partial charge in [0.25, 0.3) is 0 Å². The number of aryl methyl sites for hydroxylation is 1. The number of carbonyl (C=O) groups excluding carboxylic acids is 1. The summed E-state index contributed by atoms with van der Waals surface area (Å²) in [7, 11) is 0. The van der Waals surface area contributed by atoms with Gasteiger partial charge in [0, 0.05) is 24.8 Å². The summed E-state index contributed by atoms with van der Waals surface area (Å²) in [4.78, 5) is 14.8. The SMILES string of the molecule is Cc1ccc(-n2c(SCC(=O)Nc3ccc4c(c3)OCCO4)nnc2N2CCOCC2)cc1. The number of nitrogens with one attached hydrogen (secondary N) is 1. The fourth-order valence-electron chi connectivity index (χ4n) is 3.69. The number of amides is 1. The first-order valence-electron chi connectivity index (χ1n) is 10.8. The van der Waals surface area contributed by atoms with E-state index in [0.29, 0.717) is 48.8 Å². The molecule has 9 nitrogen and oxygen atoms in total. The molecule has 3 aromatic rings. The van der Waals surface area contributed by atoms with E-state index in [2.05, 4.69) is 39.5 Å². The summed E-state index contributed by atoms with van der Waals surface area (Å²) in [5.74, 6) is 2.15. The van der Waals surface area contributed by atoms with Crippen molar-refractivity contribution in [2.75, 3.05) is 55.5 Å². The Morgan fingerprint density at radius 2 is 1.76 bits per heavy atom. The molecule has 1 saturated heterocycles. The van der Waals surface area contributed by atoms with Crippen molar-refractivity contribution >= 4 is 29.3 Å². The standard InChI is InChI=1S/C23H25N5O4S/c1-16-2-5-18(6-3-16)28-22(27-8-10-30-11-9-27)25-26-23(28)33-15-21(29)24-17-4-7-19-20(14-17)32-13-12-31-19/h2-7,14H,8-13,15H2,1H3,(H,24,29). The molecule has 0 aliphatic carbocycles. The van der Waals surface area contributed by atoms with E-state index in [0.717, 1.165) is 24.7 Å². The van der Waals surface area contributed by atoms with Gasteiger partial charge in [0.15, 0.2) is 16.7 Å². The lowest BCUT2D eigenvalue weighted by molar-refractivity contribution is -0.113. The Hall–Kier alpha value is -3.24. The highest BCUT2D eigenvalue weighted by atomic mass is 32.2. The minimum atomic E-state index is -0.136. The van der Waals surface area contributed by atoms with E-state index in [9.17, 15) is 4.79 Å². The average Bonchev–Trinajstić information content (AvgIpc) is 3.28. The lowest BCUT2D eigenvalue weighted by atomic mass is 10.2. The second kappa shape index (κ2) is 9.72. The van der Waals surface area contributed by atoms with Crippen LogP contribution in [0.2, 0.25) is 0 Å². The van der Waals surface area contributed by atoms with Crippen molar-refractivity contribution in [1.29, 1.82) is 0 Å². The Balaban J connectivity index is 1.32. The Bertz CT molecular complexity index is 1130. The highest BCUT2D eigenvalue weighted by Crippen LogP contribution is 2.33. The fraction of sp³-hybridized carbons (Fsp3) is 0.348. The van der Waals surface area contributed by atoms with Gasteiger partial charge in [-0.2, -0.15) is 0 Å². The monoisotopic (exact) mass is 467 g/mol. The molecule has 1 aromatic heterocycles. The summed E-state index contributed by atoms with van der Waals surface area (Å²) < 4.78 is 18.6. The first-order chi connectivity index (χ1) is 16.2. The first-order valence-corrected chi connectivity index (χ1v) is 11.8. The van der Waals surface area contributed by atoms with Crippen molar-refractivity contribution in [3.8, 4) is 17.2 Å². The smallest absolute Gasteiger partial charge is 0.234 e. The number of nitrogens with zero attached hydrogens (tertiary/aromatic N) is 4. The molecule has 0 atom stereocenters. The van der Waals surface area contributed by atoms with Crippen LogP contribution in [0.15, 0.2) is 47.6 Å². The first kappa shape index (κ1) is 21.6. The molecule has 33 heavy (non-hydrogen) atoms. The summed E-state index contributed by atoms with van der Waals surface area (Å²) in [6, 6.07) is 13.6. The molecule has 3 heterocycles. The van der Waals surface area contributed by atoms with Gasteiger partial charge < -0.3 is 24.4 Å². The van der Waals surface area contributed by atoms with E-state index >= 15 is 0 Å². The summed E-state index contributed by atoms with van der Waals surface area (Å²) >= 11 is 1.35. The molecule has 2 aliphatic heterocycles. The lowest BCUT2D eigenvalue weighted by Gasteiger charge is -2.28.